The van der Waals surface area contributed by atoms with Gasteiger partial charge in [-0.3, -0.25) is 4.79 Å². The van der Waals surface area contributed by atoms with E-state index in [1.54, 1.807) is 4.90 Å². The first kappa shape index (κ1) is 15.2. The third-order valence-electron chi connectivity index (χ3n) is 4.28. The molecule has 0 N–H and O–H groups in total. The van der Waals surface area contributed by atoms with Crippen molar-refractivity contribution in [3.8, 4) is 0 Å². The predicted molar refractivity (Wildman–Crippen MR) is 78.1 cm³/mol. The predicted octanol–water partition coefficient (Wildman–Crippen LogP) is 3.22. The number of hydrogen-bond donors (Lipinski definition) is 0. The normalized spacial score (nSPS) is 24.7. The van der Waals surface area contributed by atoms with Gasteiger partial charge in [-0.2, -0.15) is 0 Å². The van der Waals surface area contributed by atoms with Crippen LogP contribution in [0.25, 0.3) is 0 Å². The van der Waals surface area contributed by atoms with Gasteiger partial charge in [-0.25, -0.2) is 8.78 Å². The molecule has 2 atom stereocenters. The molecule has 0 spiro atoms. The van der Waals surface area contributed by atoms with Crippen molar-refractivity contribution in [1.29, 1.82) is 0 Å². The minimum atomic E-state index is -0.888. The molecule has 1 saturated heterocycles. The number of halogens is 2. The maximum absolute atomic E-state index is 13.3. The molecule has 2 unspecified atom stereocenters. The van der Waals surface area contributed by atoms with E-state index in [1.807, 2.05) is 0 Å². The molecule has 5 heteroatoms. The van der Waals surface area contributed by atoms with Crippen molar-refractivity contribution < 1.29 is 18.3 Å². The van der Waals surface area contributed by atoms with Gasteiger partial charge in [0.05, 0.1) is 13.2 Å². The van der Waals surface area contributed by atoms with Crippen molar-refractivity contribution in [2.45, 2.75) is 25.4 Å². The van der Waals surface area contributed by atoms with E-state index in [-0.39, 0.29) is 5.91 Å². The van der Waals surface area contributed by atoms with E-state index in [9.17, 15) is 13.6 Å². The molecule has 1 fully saturated rings. The summed E-state index contributed by atoms with van der Waals surface area (Å²) in [5, 5.41) is 0. The topological polar surface area (TPSA) is 29.5 Å². The Labute approximate surface area is 128 Å². The Kier molecular flexibility index (Phi) is 4.52. The van der Waals surface area contributed by atoms with E-state index in [0.717, 1.165) is 25.0 Å². The summed E-state index contributed by atoms with van der Waals surface area (Å²) in [5.41, 5.74) is 0.567. The van der Waals surface area contributed by atoms with Crippen molar-refractivity contribution in [3.05, 3.63) is 47.5 Å². The highest BCUT2D eigenvalue weighted by Gasteiger charge is 2.27. The van der Waals surface area contributed by atoms with Gasteiger partial charge in [0.2, 0.25) is 5.91 Å². The van der Waals surface area contributed by atoms with Gasteiger partial charge in [0.25, 0.3) is 0 Å². The largest absolute Gasteiger partial charge is 0.370 e. The average molecular weight is 307 g/mol. The highest BCUT2D eigenvalue weighted by molar-refractivity contribution is 5.77. The lowest BCUT2D eigenvalue weighted by atomic mass is 10.0. The summed E-state index contributed by atoms with van der Waals surface area (Å²) in [6.45, 7) is 1.35. The Balaban J connectivity index is 1.64. The zero-order valence-corrected chi connectivity index (χ0v) is 12.3. The fourth-order valence-electron chi connectivity index (χ4n) is 3.01. The van der Waals surface area contributed by atoms with E-state index in [4.69, 9.17) is 4.74 Å². The van der Waals surface area contributed by atoms with E-state index >= 15 is 0 Å². The monoisotopic (exact) mass is 307 g/mol. The first-order valence-electron chi connectivity index (χ1n) is 7.64. The fourth-order valence-corrected chi connectivity index (χ4v) is 3.01. The number of amides is 1. The summed E-state index contributed by atoms with van der Waals surface area (Å²) in [5.74, 6) is -1.33. The molecule has 1 aromatic carbocycles. The van der Waals surface area contributed by atoms with Crippen LogP contribution < -0.4 is 0 Å². The second kappa shape index (κ2) is 6.57. The molecule has 22 heavy (non-hydrogen) atoms. The lowest BCUT2D eigenvalue weighted by molar-refractivity contribution is -0.139. The molecule has 0 saturated carbocycles. The fraction of sp³-hybridized carbons (Fsp3) is 0.471. The second-order valence-corrected chi connectivity index (χ2v) is 5.84. The van der Waals surface area contributed by atoms with Gasteiger partial charge in [-0.15, -0.1) is 0 Å². The van der Waals surface area contributed by atoms with Crippen LogP contribution in [0.3, 0.4) is 0 Å². The molecule has 1 aromatic rings. The number of ether oxygens (including phenoxy) is 1. The van der Waals surface area contributed by atoms with Crippen molar-refractivity contribution in [1.82, 2.24) is 4.90 Å². The van der Waals surface area contributed by atoms with Crippen LogP contribution in [-0.2, 0) is 9.53 Å². The summed E-state index contributed by atoms with van der Waals surface area (Å²) in [6, 6.07) is 3.75. The molecule has 0 radical (unpaired) electrons. The van der Waals surface area contributed by atoms with E-state index < -0.39 is 17.7 Å². The summed E-state index contributed by atoms with van der Waals surface area (Å²) < 4.78 is 32.0. The Hall–Kier alpha value is -1.75. The molecule has 1 heterocycles. The lowest BCUT2D eigenvalue weighted by Gasteiger charge is -2.33. The molecule has 3 rings (SSSR count). The first-order valence-corrected chi connectivity index (χ1v) is 7.64. The van der Waals surface area contributed by atoms with Crippen LogP contribution in [0.1, 0.15) is 30.9 Å². The van der Waals surface area contributed by atoms with Gasteiger partial charge < -0.3 is 9.64 Å². The molecule has 2 aliphatic rings. The molecule has 1 aliphatic carbocycles. The number of morpholine rings is 1. The van der Waals surface area contributed by atoms with Gasteiger partial charge in [-0.1, -0.05) is 18.2 Å². The summed E-state index contributed by atoms with van der Waals surface area (Å²) in [4.78, 5) is 14.1. The number of hydrogen-bond acceptors (Lipinski definition) is 2. The number of carbonyl (C=O) groups is 1. The summed E-state index contributed by atoms with van der Waals surface area (Å²) in [6.07, 6.45) is 6.40. The van der Waals surface area contributed by atoms with Crippen molar-refractivity contribution in [3.63, 3.8) is 0 Å². The molecule has 0 aromatic heterocycles. The number of benzene rings is 1. The lowest BCUT2D eigenvalue weighted by Crippen LogP contribution is -2.42. The summed E-state index contributed by atoms with van der Waals surface area (Å²) in [7, 11) is 0. The zero-order chi connectivity index (χ0) is 15.5. The Morgan fingerprint density at radius 3 is 2.91 bits per heavy atom. The number of carbonyl (C=O) groups excluding carboxylic acids is 1. The Morgan fingerprint density at radius 1 is 1.32 bits per heavy atom. The molecular weight excluding hydrogens is 288 g/mol. The smallest absolute Gasteiger partial charge is 0.223 e. The molecular formula is C17H19F2NO2. The van der Waals surface area contributed by atoms with Gasteiger partial charge in [0.1, 0.15) is 6.10 Å². The van der Waals surface area contributed by atoms with Gasteiger partial charge in [-0.05, 0) is 36.5 Å². The minimum absolute atomic E-state index is 0.104. The standard InChI is InChI=1S/C17H19F2NO2/c18-14-6-5-13(10-15(14)19)16-11-20(7-8-22-16)17(21)9-12-3-1-2-4-12/h1,3,5-6,10,12,16H,2,4,7-9,11H2. The third-order valence-corrected chi connectivity index (χ3v) is 4.28. The van der Waals surface area contributed by atoms with Crippen LogP contribution >= 0.6 is 0 Å². The number of rotatable bonds is 3. The quantitative estimate of drug-likeness (QED) is 0.803. The van der Waals surface area contributed by atoms with Crippen LogP contribution in [0.2, 0.25) is 0 Å². The van der Waals surface area contributed by atoms with Crippen LogP contribution in [0.4, 0.5) is 8.78 Å². The van der Waals surface area contributed by atoms with Crippen LogP contribution in [0, 0.1) is 17.6 Å². The van der Waals surface area contributed by atoms with Crippen LogP contribution in [0.15, 0.2) is 30.4 Å². The molecule has 1 amide bonds. The average Bonchev–Trinajstić information content (AvgIpc) is 3.03. The maximum Gasteiger partial charge on any atom is 0.223 e. The SMILES string of the molecule is O=C(CC1C=CCC1)N1CCOC(c2ccc(F)c(F)c2)C1. The zero-order valence-electron chi connectivity index (χ0n) is 12.3. The van der Waals surface area contributed by atoms with E-state index in [0.29, 0.717) is 37.6 Å². The van der Waals surface area contributed by atoms with Crippen molar-refractivity contribution in [2.24, 2.45) is 5.92 Å². The van der Waals surface area contributed by atoms with Gasteiger partial charge >= 0.3 is 0 Å². The van der Waals surface area contributed by atoms with Gasteiger partial charge in [0.15, 0.2) is 11.6 Å². The van der Waals surface area contributed by atoms with Crippen molar-refractivity contribution >= 4 is 5.91 Å². The highest BCUT2D eigenvalue weighted by Crippen LogP contribution is 2.26. The maximum atomic E-state index is 13.3. The molecule has 3 nitrogen and oxygen atoms in total. The van der Waals surface area contributed by atoms with Crippen LogP contribution in [0.5, 0.6) is 0 Å². The number of allylic oxidation sites excluding steroid dienone is 2. The molecule has 1 aliphatic heterocycles. The highest BCUT2D eigenvalue weighted by atomic mass is 19.2. The van der Waals surface area contributed by atoms with Gasteiger partial charge in [0, 0.05) is 13.0 Å². The molecule has 118 valence electrons. The Bertz CT molecular complexity index is 588. The van der Waals surface area contributed by atoms with E-state index in [1.165, 1.54) is 6.07 Å². The Morgan fingerprint density at radius 2 is 2.18 bits per heavy atom. The van der Waals surface area contributed by atoms with Crippen LogP contribution in [-0.4, -0.2) is 30.5 Å². The summed E-state index contributed by atoms with van der Waals surface area (Å²) >= 11 is 0. The molecule has 0 bridgehead atoms. The first-order chi connectivity index (χ1) is 10.6. The second-order valence-electron chi connectivity index (χ2n) is 5.84. The third kappa shape index (κ3) is 3.35. The minimum Gasteiger partial charge on any atom is -0.370 e. The van der Waals surface area contributed by atoms with Crippen molar-refractivity contribution in [2.75, 3.05) is 19.7 Å². The number of nitrogens with zero attached hydrogens (tertiary/aromatic N) is 1. The van der Waals surface area contributed by atoms with E-state index in [2.05, 4.69) is 12.2 Å².